The summed E-state index contributed by atoms with van der Waals surface area (Å²) in [6, 6.07) is 12.0. The van der Waals surface area contributed by atoms with E-state index in [1.807, 2.05) is 12.1 Å². The number of fused-ring (bicyclic) bond motifs is 1. The van der Waals surface area contributed by atoms with Crippen molar-refractivity contribution in [1.29, 1.82) is 0 Å². The molecule has 2 aromatic carbocycles. The van der Waals surface area contributed by atoms with Gasteiger partial charge in [0.25, 0.3) is 0 Å². The second-order valence-electron chi connectivity index (χ2n) is 5.30. The fourth-order valence-corrected chi connectivity index (χ4v) is 2.91. The fourth-order valence-electron chi connectivity index (χ4n) is 2.91. The molecule has 0 heterocycles. The van der Waals surface area contributed by atoms with E-state index in [1.54, 1.807) is 0 Å². The molecule has 20 heavy (non-hydrogen) atoms. The third-order valence-electron chi connectivity index (χ3n) is 3.82. The maximum Gasteiger partial charge on any atom is 0.128 e. The van der Waals surface area contributed by atoms with Crippen LogP contribution in [0.25, 0.3) is 0 Å². The summed E-state index contributed by atoms with van der Waals surface area (Å²) in [7, 11) is 0. The van der Waals surface area contributed by atoms with Crippen LogP contribution in [0.2, 0.25) is 0 Å². The molecule has 0 bridgehead atoms. The lowest BCUT2D eigenvalue weighted by molar-refractivity contribution is 0.582. The van der Waals surface area contributed by atoms with E-state index in [0.29, 0.717) is 5.69 Å². The Morgan fingerprint density at radius 1 is 0.950 bits per heavy atom. The highest BCUT2D eigenvalue weighted by Crippen LogP contribution is 2.31. The first-order chi connectivity index (χ1) is 9.72. The Balaban J connectivity index is 1.90. The van der Waals surface area contributed by atoms with Gasteiger partial charge in [0, 0.05) is 11.8 Å². The molecule has 0 radical (unpaired) electrons. The van der Waals surface area contributed by atoms with E-state index >= 15 is 0 Å². The Kier molecular flexibility index (Phi) is 3.68. The molecule has 3 heteroatoms. The van der Waals surface area contributed by atoms with Crippen molar-refractivity contribution in [3.63, 3.8) is 0 Å². The van der Waals surface area contributed by atoms with Crippen LogP contribution in [0.3, 0.4) is 0 Å². The summed E-state index contributed by atoms with van der Waals surface area (Å²) in [5, 5.41) is 3.28. The minimum Gasteiger partial charge on any atom is -0.378 e. The highest BCUT2D eigenvalue weighted by atomic mass is 19.1. The number of benzene rings is 2. The molecule has 0 aliphatic heterocycles. The number of hydrogen-bond acceptors (Lipinski definition) is 1. The summed E-state index contributed by atoms with van der Waals surface area (Å²) in [5.41, 5.74) is 3.08. The molecule has 0 spiro atoms. The molecule has 1 aliphatic rings. The Morgan fingerprint density at radius 2 is 1.70 bits per heavy atom. The number of anilines is 1. The first kappa shape index (κ1) is 13.1. The number of halogens is 2. The molecular weight excluding hydrogens is 256 g/mol. The van der Waals surface area contributed by atoms with Crippen LogP contribution in [0, 0.1) is 11.6 Å². The molecule has 1 atom stereocenters. The fraction of sp³-hybridized carbons (Fsp3) is 0.294. The highest BCUT2D eigenvalue weighted by Gasteiger charge is 2.18. The molecule has 1 N–H and O–H groups in total. The van der Waals surface area contributed by atoms with Gasteiger partial charge in [0.1, 0.15) is 11.6 Å². The molecule has 104 valence electrons. The predicted molar refractivity (Wildman–Crippen MR) is 76.7 cm³/mol. The maximum atomic E-state index is 13.3. The van der Waals surface area contributed by atoms with E-state index in [2.05, 4.69) is 17.4 Å². The zero-order chi connectivity index (χ0) is 13.9. The van der Waals surface area contributed by atoms with Crippen molar-refractivity contribution in [3.8, 4) is 0 Å². The zero-order valence-electron chi connectivity index (χ0n) is 11.2. The van der Waals surface area contributed by atoms with Gasteiger partial charge < -0.3 is 5.32 Å². The summed E-state index contributed by atoms with van der Waals surface area (Å²) >= 11 is 0. The third kappa shape index (κ3) is 2.82. The molecule has 0 saturated heterocycles. The number of nitrogens with one attached hydrogen (secondary N) is 1. The lowest BCUT2D eigenvalue weighted by Crippen LogP contribution is -2.11. The standard InChI is InChI=1S/C17H17F2N/c18-13-9-14(19)11-15(10-13)20-17-8-4-2-6-12-5-1-3-7-16(12)17/h1,3,5,7,9-11,17,20H,2,4,6,8H2. The van der Waals surface area contributed by atoms with Gasteiger partial charge in [-0.15, -0.1) is 0 Å². The van der Waals surface area contributed by atoms with Crippen molar-refractivity contribution in [3.05, 3.63) is 65.2 Å². The van der Waals surface area contributed by atoms with Gasteiger partial charge in [-0.25, -0.2) is 8.78 Å². The Morgan fingerprint density at radius 3 is 2.50 bits per heavy atom. The predicted octanol–water partition coefficient (Wildman–Crippen LogP) is 4.84. The Hall–Kier alpha value is -1.90. The van der Waals surface area contributed by atoms with Gasteiger partial charge in [-0.2, -0.15) is 0 Å². The van der Waals surface area contributed by atoms with Gasteiger partial charge in [0.15, 0.2) is 0 Å². The van der Waals surface area contributed by atoms with Crippen molar-refractivity contribution < 1.29 is 8.78 Å². The van der Waals surface area contributed by atoms with E-state index in [0.717, 1.165) is 31.7 Å². The molecule has 3 rings (SSSR count). The Bertz CT molecular complexity index is 589. The van der Waals surface area contributed by atoms with Crippen LogP contribution in [-0.4, -0.2) is 0 Å². The minimum absolute atomic E-state index is 0.120. The van der Waals surface area contributed by atoms with E-state index < -0.39 is 11.6 Å². The molecule has 0 saturated carbocycles. The molecule has 1 unspecified atom stereocenters. The molecule has 0 amide bonds. The van der Waals surface area contributed by atoms with Crippen LogP contribution in [0.1, 0.15) is 36.4 Å². The molecule has 0 fully saturated rings. The van der Waals surface area contributed by atoms with Crippen molar-refractivity contribution in [2.75, 3.05) is 5.32 Å². The van der Waals surface area contributed by atoms with Crippen LogP contribution in [0.5, 0.6) is 0 Å². The molecule has 2 aromatic rings. The molecule has 1 nitrogen and oxygen atoms in total. The largest absolute Gasteiger partial charge is 0.378 e. The molecule has 0 aromatic heterocycles. The van der Waals surface area contributed by atoms with E-state index in [1.165, 1.54) is 23.3 Å². The lowest BCUT2D eigenvalue weighted by atomic mass is 9.99. The van der Waals surface area contributed by atoms with Crippen LogP contribution in [0.15, 0.2) is 42.5 Å². The molecular formula is C17H17F2N. The van der Waals surface area contributed by atoms with Crippen LogP contribution in [-0.2, 0) is 6.42 Å². The van der Waals surface area contributed by atoms with Crippen LogP contribution in [0.4, 0.5) is 14.5 Å². The first-order valence-corrected chi connectivity index (χ1v) is 7.03. The average Bonchev–Trinajstić information content (AvgIpc) is 2.61. The zero-order valence-corrected chi connectivity index (χ0v) is 11.2. The molecule has 1 aliphatic carbocycles. The maximum absolute atomic E-state index is 13.3. The van der Waals surface area contributed by atoms with Gasteiger partial charge >= 0.3 is 0 Å². The highest BCUT2D eigenvalue weighted by molar-refractivity contribution is 5.47. The quantitative estimate of drug-likeness (QED) is 0.772. The summed E-state index contributed by atoms with van der Waals surface area (Å²) in [4.78, 5) is 0. The summed E-state index contributed by atoms with van der Waals surface area (Å²) in [6.45, 7) is 0. The van der Waals surface area contributed by atoms with Gasteiger partial charge in [-0.3, -0.25) is 0 Å². The lowest BCUT2D eigenvalue weighted by Gasteiger charge is -2.20. The normalized spacial score (nSPS) is 18.2. The van der Waals surface area contributed by atoms with E-state index in [4.69, 9.17) is 0 Å². The first-order valence-electron chi connectivity index (χ1n) is 7.03. The SMILES string of the molecule is Fc1cc(F)cc(NC2CCCCc3ccccc32)c1. The van der Waals surface area contributed by atoms with E-state index in [-0.39, 0.29) is 6.04 Å². The van der Waals surface area contributed by atoms with Crippen molar-refractivity contribution in [2.45, 2.75) is 31.7 Å². The van der Waals surface area contributed by atoms with Crippen LogP contribution >= 0.6 is 0 Å². The average molecular weight is 273 g/mol. The van der Waals surface area contributed by atoms with Gasteiger partial charge in [-0.05, 0) is 42.5 Å². The smallest absolute Gasteiger partial charge is 0.128 e. The topological polar surface area (TPSA) is 12.0 Å². The van der Waals surface area contributed by atoms with Gasteiger partial charge in [0.05, 0.1) is 6.04 Å². The minimum atomic E-state index is -0.547. The summed E-state index contributed by atoms with van der Waals surface area (Å²) in [5.74, 6) is -1.09. The number of hydrogen-bond donors (Lipinski definition) is 1. The van der Waals surface area contributed by atoms with Gasteiger partial charge in [0.2, 0.25) is 0 Å². The summed E-state index contributed by atoms with van der Waals surface area (Å²) in [6.07, 6.45) is 4.33. The van der Waals surface area contributed by atoms with Gasteiger partial charge in [-0.1, -0.05) is 30.7 Å². The second kappa shape index (κ2) is 5.61. The summed E-state index contributed by atoms with van der Waals surface area (Å²) < 4.78 is 26.6. The number of aryl methyl sites for hydroxylation is 1. The van der Waals surface area contributed by atoms with E-state index in [9.17, 15) is 8.78 Å². The second-order valence-corrected chi connectivity index (χ2v) is 5.30. The number of rotatable bonds is 2. The third-order valence-corrected chi connectivity index (χ3v) is 3.82. The van der Waals surface area contributed by atoms with Crippen LogP contribution < -0.4 is 5.32 Å². The van der Waals surface area contributed by atoms with Crippen molar-refractivity contribution in [2.24, 2.45) is 0 Å². The van der Waals surface area contributed by atoms with Crippen molar-refractivity contribution >= 4 is 5.69 Å². The monoisotopic (exact) mass is 273 g/mol. The Labute approximate surface area is 117 Å². The van der Waals surface area contributed by atoms with Crippen molar-refractivity contribution in [1.82, 2.24) is 0 Å².